The van der Waals surface area contributed by atoms with E-state index in [0.29, 0.717) is 5.56 Å². The molecule has 0 aliphatic carbocycles. The second-order valence-electron chi connectivity index (χ2n) is 4.19. The molecule has 2 rings (SSSR count). The fourth-order valence-corrected chi connectivity index (χ4v) is 1.82. The minimum absolute atomic E-state index is 0.164. The van der Waals surface area contributed by atoms with Gasteiger partial charge in [-0.2, -0.15) is 0 Å². The smallest absolute Gasteiger partial charge is 0.128 e. The Hall–Kier alpha value is -1.83. The van der Waals surface area contributed by atoms with Crippen molar-refractivity contribution in [1.29, 1.82) is 0 Å². The highest BCUT2D eigenvalue weighted by molar-refractivity contribution is 5.52. The SMILES string of the molecule is Cc1c(F)cccc1NC(C)c1ccccc1. The maximum absolute atomic E-state index is 13.4. The van der Waals surface area contributed by atoms with Gasteiger partial charge in [-0.05, 0) is 31.5 Å². The van der Waals surface area contributed by atoms with Crippen molar-refractivity contribution < 1.29 is 4.39 Å². The van der Waals surface area contributed by atoms with Crippen LogP contribution < -0.4 is 5.32 Å². The summed E-state index contributed by atoms with van der Waals surface area (Å²) in [5.41, 5.74) is 2.70. The van der Waals surface area contributed by atoms with Gasteiger partial charge in [0.1, 0.15) is 5.82 Å². The Labute approximate surface area is 101 Å². The number of benzene rings is 2. The Morgan fingerprint density at radius 3 is 2.41 bits per heavy atom. The first-order valence-corrected chi connectivity index (χ1v) is 5.75. The van der Waals surface area contributed by atoms with Gasteiger partial charge in [0.15, 0.2) is 0 Å². The molecule has 2 aromatic rings. The third kappa shape index (κ3) is 2.64. The molecule has 0 saturated carbocycles. The van der Waals surface area contributed by atoms with Crippen LogP contribution in [0.25, 0.3) is 0 Å². The van der Waals surface area contributed by atoms with Crippen molar-refractivity contribution in [2.24, 2.45) is 0 Å². The maximum Gasteiger partial charge on any atom is 0.128 e. The third-order valence-electron chi connectivity index (χ3n) is 2.94. The van der Waals surface area contributed by atoms with Crippen LogP contribution in [0.2, 0.25) is 0 Å². The highest BCUT2D eigenvalue weighted by Crippen LogP contribution is 2.23. The molecule has 17 heavy (non-hydrogen) atoms. The average Bonchev–Trinajstić information content (AvgIpc) is 2.36. The predicted octanol–water partition coefficient (Wildman–Crippen LogP) is 4.31. The van der Waals surface area contributed by atoms with Gasteiger partial charge in [-0.25, -0.2) is 4.39 Å². The van der Waals surface area contributed by atoms with Crippen molar-refractivity contribution in [1.82, 2.24) is 0 Å². The van der Waals surface area contributed by atoms with E-state index >= 15 is 0 Å². The maximum atomic E-state index is 13.4. The Kier molecular flexibility index (Phi) is 3.43. The zero-order valence-corrected chi connectivity index (χ0v) is 10.1. The lowest BCUT2D eigenvalue weighted by atomic mass is 10.1. The molecule has 0 radical (unpaired) electrons. The van der Waals surface area contributed by atoms with Gasteiger partial charge < -0.3 is 5.32 Å². The minimum Gasteiger partial charge on any atom is -0.378 e. The summed E-state index contributed by atoms with van der Waals surface area (Å²) in [5, 5.41) is 3.33. The second-order valence-corrected chi connectivity index (χ2v) is 4.19. The van der Waals surface area contributed by atoms with Gasteiger partial charge in [0.25, 0.3) is 0 Å². The number of halogens is 1. The highest BCUT2D eigenvalue weighted by Gasteiger charge is 2.08. The first kappa shape index (κ1) is 11.6. The topological polar surface area (TPSA) is 12.0 Å². The third-order valence-corrected chi connectivity index (χ3v) is 2.94. The van der Waals surface area contributed by atoms with E-state index in [9.17, 15) is 4.39 Å². The van der Waals surface area contributed by atoms with Crippen LogP contribution in [-0.2, 0) is 0 Å². The first-order chi connectivity index (χ1) is 8.18. The van der Waals surface area contributed by atoms with Crippen LogP contribution in [0.1, 0.15) is 24.1 Å². The summed E-state index contributed by atoms with van der Waals surface area (Å²) in [6.45, 7) is 3.86. The van der Waals surface area contributed by atoms with E-state index in [4.69, 9.17) is 0 Å². The summed E-state index contributed by atoms with van der Waals surface area (Å²) >= 11 is 0. The molecule has 0 aliphatic heterocycles. The molecule has 2 aromatic carbocycles. The summed E-state index contributed by atoms with van der Waals surface area (Å²) < 4.78 is 13.4. The molecule has 0 saturated heterocycles. The van der Waals surface area contributed by atoms with Crippen molar-refractivity contribution in [3.05, 3.63) is 65.5 Å². The molecule has 1 atom stereocenters. The monoisotopic (exact) mass is 229 g/mol. The number of rotatable bonds is 3. The second kappa shape index (κ2) is 5.00. The zero-order chi connectivity index (χ0) is 12.3. The number of hydrogen-bond acceptors (Lipinski definition) is 1. The molecule has 0 bridgehead atoms. The van der Waals surface area contributed by atoms with Gasteiger partial charge in [-0.3, -0.25) is 0 Å². The van der Waals surface area contributed by atoms with E-state index < -0.39 is 0 Å². The fraction of sp³-hybridized carbons (Fsp3) is 0.200. The van der Waals surface area contributed by atoms with Crippen LogP contribution in [0.3, 0.4) is 0 Å². The number of nitrogens with one attached hydrogen (secondary N) is 1. The molecular weight excluding hydrogens is 213 g/mol. The van der Waals surface area contributed by atoms with Crippen LogP contribution in [-0.4, -0.2) is 0 Å². The van der Waals surface area contributed by atoms with Crippen molar-refractivity contribution in [3.8, 4) is 0 Å². The van der Waals surface area contributed by atoms with E-state index in [2.05, 4.69) is 24.4 Å². The molecule has 1 N–H and O–H groups in total. The van der Waals surface area contributed by atoms with E-state index in [0.717, 1.165) is 5.69 Å². The van der Waals surface area contributed by atoms with Gasteiger partial charge in [0.05, 0.1) is 0 Å². The Bertz CT molecular complexity index is 494. The number of hydrogen-bond donors (Lipinski definition) is 1. The summed E-state index contributed by atoms with van der Waals surface area (Å²) in [5.74, 6) is -0.171. The molecule has 0 spiro atoms. The lowest BCUT2D eigenvalue weighted by Crippen LogP contribution is -2.08. The van der Waals surface area contributed by atoms with E-state index in [1.165, 1.54) is 11.6 Å². The lowest BCUT2D eigenvalue weighted by Gasteiger charge is -2.17. The van der Waals surface area contributed by atoms with Crippen LogP contribution in [0.5, 0.6) is 0 Å². The molecule has 0 heterocycles. The quantitative estimate of drug-likeness (QED) is 0.827. The molecular formula is C15H16FN. The summed E-state index contributed by atoms with van der Waals surface area (Å²) in [4.78, 5) is 0. The van der Waals surface area contributed by atoms with Crippen molar-refractivity contribution in [3.63, 3.8) is 0 Å². The fourth-order valence-electron chi connectivity index (χ4n) is 1.82. The van der Waals surface area contributed by atoms with E-state index in [1.54, 1.807) is 13.0 Å². The van der Waals surface area contributed by atoms with Crippen molar-refractivity contribution >= 4 is 5.69 Å². The van der Waals surface area contributed by atoms with Crippen LogP contribution in [0, 0.1) is 12.7 Å². The van der Waals surface area contributed by atoms with Gasteiger partial charge in [0.2, 0.25) is 0 Å². The largest absolute Gasteiger partial charge is 0.378 e. The molecule has 2 heteroatoms. The summed E-state index contributed by atoms with van der Waals surface area (Å²) in [7, 11) is 0. The lowest BCUT2D eigenvalue weighted by molar-refractivity contribution is 0.618. The van der Waals surface area contributed by atoms with Crippen LogP contribution in [0.4, 0.5) is 10.1 Å². The predicted molar refractivity (Wildman–Crippen MR) is 69.6 cm³/mol. The van der Waals surface area contributed by atoms with Gasteiger partial charge in [0, 0.05) is 17.3 Å². The van der Waals surface area contributed by atoms with E-state index in [1.807, 2.05) is 24.3 Å². The van der Waals surface area contributed by atoms with Gasteiger partial charge >= 0.3 is 0 Å². The molecule has 88 valence electrons. The zero-order valence-electron chi connectivity index (χ0n) is 10.1. The Balaban J connectivity index is 2.19. The van der Waals surface area contributed by atoms with Crippen molar-refractivity contribution in [2.75, 3.05) is 5.32 Å². The molecule has 0 amide bonds. The summed E-state index contributed by atoms with van der Waals surface area (Å²) in [6.07, 6.45) is 0. The highest BCUT2D eigenvalue weighted by atomic mass is 19.1. The van der Waals surface area contributed by atoms with Crippen LogP contribution >= 0.6 is 0 Å². The van der Waals surface area contributed by atoms with Gasteiger partial charge in [-0.15, -0.1) is 0 Å². The first-order valence-electron chi connectivity index (χ1n) is 5.75. The van der Waals surface area contributed by atoms with Gasteiger partial charge in [-0.1, -0.05) is 36.4 Å². The average molecular weight is 229 g/mol. The van der Waals surface area contributed by atoms with E-state index in [-0.39, 0.29) is 11.9 Å². The molecule has 0 aliphatic rings. The minimum atomic E-state index is -0.171. The molecule has 0 aromatic heterocycles. The molecule has 0 fully saturated rings. The van der Waals surface area contributed by atoms with Crippen molar-refractivity contribution in [2.45, 2.75) is 19.9 Å². The Morgan fingerprint density at radius 1 is 1.00 bits per heavy atom. The number of anilines is 1. The molecule has 1 unspecified atom stereocenters. The standard InChI is InChI=1S/C15H16FN/c1-11-14(16)9-6-10-15(11)17-12(2)13-7-4-3-5-8-13/h3-10,12,17H,1-2H3. The Morgan fingerprint density at radius 2 is 1.71 bits per heavy atom. The normalized spacial score (nSPS) is 12.2. The molecule has 1 nitrogen and oxygen atoms in total. The summed E-state index contributed by atoms with van der Waals surface area (Å²) in [6, 6.07) is 15.4. The van der Waals surface area contributed by atoms with Crippen LogP contribution in [0.15, 0.2) is 48.5 Å².